The SMILES string of the molecule is CN(C)CCOc1cncc(-c2ccc3[nH]nc(-c4nc5c(N6CCN(C)CC6)cccc5[nH]4)c3n2)c1. The molecule has 5 heterocycles. The average molecular weight is 498 g/mol. The Morgan fingerprint density at radius 1 is 0.973 bits per heavy atom. The second-order valence-electron chi connectivity index (χ2n) is 9.77. The largest absolute Gasteiger partial charge is 0.491 e. The molecule has 0 atom stereocenters. The highest BCUT2D eigenvalue weighted by molar-refractivity contribution is 5.95. The molecule has 10 nitrogen and oxygen atoms in total. The van der Waals surface area contributed by atoms with Gasteiger partial charge in [0.1, 0.15) is 23.4 Å². The molecule has 0 unspecified atom stereocenters. The van der Waals surface area contributed by atoms with Gasteiger partial charge in [0.25, 0.3) is 0 Å². The van der Waals surface area contributed by atoms with Gasteiger partial charge < -0.3 is 24.4 Å². The second-order valence-corrected chi connectivity index (χ2v) is 9.77. The van der Waals surface area contributed by atoms with Crippen molar-refractivity contribution in [2.45, 2.75) is 0 Å². The van der Waals surface area contributed by atoms with E-state index in [9.17, 15) is 0 Å². The first kappa shape index (κ1) is 23.4. The van der Waals surface area contributed by atoms with E-state index in [1.54, 1.807) is 12.4 Å². The lowest BCUT2D eigenvalue weighted by Crippen LogP contribution is -2.44. The molecule has 1 aliphatic rings. The average Bonchev–Trinajstić information content (AvgIpc) is 3.53. The van der Waals surface area contributed by atoms with Gasteiger partial charge in [0.15, 0.2) is 11.5 Å². The molecule has 10 heteroatoms. The highest BCUT2D eigenvalue weighted by atomic mass is 16.5. The van der Waals surface area contributed by atoms with Gasteiger partial charge in [0.05, 0.1) is 28.6 Å². The molecule has 1 saturated heterocycles. The van der Waals surface area contributed by atoms with Crippen molar-refractivity contribution in [1.82, 2.24) is 39.9 Å². The zero-order valence-electron chi connectivity index (χ0n) is 21.4. The van der Waals surface area contributed by atoms with Gasteiger partial charge in [0, 0.05) is 44.5 Å². The monoisotopic (exact) mass is 497 g/mol. The molecule has 0 amide bonds. The first-order valence-corrected chi connectivity index (χ1v) is 12.6. The molecule has 0 aliphatic carbocycles. The summed E-state index contributed by atoms with van der Waals surface area (Å²) >= 11 is 0. The van der Waals surface area contributed by atoms with Crippen LogP contribution in [0, 0.1) is 0 Å². The molecule has 2 N–H and O–H groups in total. The van der Waals surface area contributed by atoms with Crippen molar-refractivity contribution >= 4 is 27.8 Å². The summed E-state index contributed by atoms with van der Waals surface area (Å²) in [7, 11) is 6.21. The molecule has 0 bridgehead atoms. The molecular weight excluding hydrogens is 466 g/mol. The van der Waals surface area contributed by atoms with Crippen LogP contribution in [0.2, 0.25) is 0 Å². The number of imidazole rings is 1. The van der Waals surface area contributed by atoms with Crippen LogP contribution in [0.3, 0.4) is 0 Å². The molecule has 37 heavy (non-hydrogen) atoms. The number of nitrogens with zero attached hydrogens (tertiary/aromatic N) is 7. The summed E-state index contributed by atoms with van der Waals surface area (Å²) in [6, 6.07) is 12.2. The van der Waals surface area contributed by atoms with Crippen molar-refractivity contribution in [3.05, 3.63) is 48.8 Å². The molecular formula is C27H31N9O. The minimum atomic E-state index is 0.596. The first-order chi connectivity index (χ1) is 18.0. The molecule has 5 aromatic rings. The quantitative estimate of drug-likeness (QED) is 0.353. The van der Waals surface area contributed by atoms with E-state index >= 15 is 0 Å². The number of aromatic nitrogens is 6. The van der Waals surface area contributed by atoms with Crippen LogP contribution in [0.25, 0.3) is 44.8 Å². The third-order valence-corrected chi connectivity index (χ3v) is 6.78. The lowest BCUT2D eigenvalue weighted by molar-refractivity contribution is 0.261. The topological polar surface area (TPSA) is 102 Å². The van der Waals surface area contributed by atoms with Gasteiger partial charge in [-0.05, 0) is 51.5 Å². The summed E-state index contributed by atoms with van der Waals surface area (Å²) in [4.78, 5) is 24.6. The van der Waals surface area contributed by atoms with Gasteiger partial charge >= 0.3 is 0 Å². The molecule has 0 radical (unpaired) electrons. The van der Waals surface area contributed by atoms with Gasteiger partial charge in [-0.2, -0.15) is 5.10 Å². The molecule has 190 valence electrons. The number of benzene rings is 1. The molecule has 4 aromatic heterocycles. The smallest absolute Gasteiger partial charge is 0.161 e. The van der Waals surface area contributed by atoms with Crippen molar-refractivity contribution in [2.75, 3.05) is 65.4 Å². The number of rotatable bonds is 7. The van der Waals surface area contributed by atoms with Crippen molar-refractivity contribution in [1.29, 1.82) is 0 Å². The fraction of sp³-hybridized carbons (Fsp3) is 0.333. The van der Waals surface area contributed by atoms with Crippen LogP contribution in [0.1, 0.15) is 0 Å². The number of aromatic amines is 2. The van der Waals surface area contributed by atoms with Gasteiger partial charge in [-0.15, -0.1) is 0 Å². The summed E-state index contributed by atoms with van der Waals surface area (Å²) in [5.74, 6) is 1.42. The minimum absolute atomic E-state index is 0.596. The normalized spacial score (nSPS) is 14.8. The van der Waals surface area contributed by atoms with Gasteiger partial charge in [0.2, 0.25) is 0 Å². The fourth-order valence-electron chi connectivity index (χ4n) is 4.64. The van der Waals surface area contributed by atoms with Crippen molar-refractivity contribution in [3.8, 4) is 28.5 Å². The molecule has 0 spiro atoms. The molecule has 1 aromatic carbocycles. The summed E-state index contributed by atoms with van der Waals surface area (Å²) in [6.45, 7) is 5.49. The molecule has 1 aliphatic heterocycles. The maximum absolute atomic E-state index is 5.87. The Balaban J connectivity index is 1.33. The molecule has 6 rings (SSSR count). The number of pyridine rings is 2. The van der Waals surface area contributed by atoms with Crippen molar-refractivity contribution in [3.63, 3.8) is 0 Å². The Morgan fingerprint density at radius 3 is 2.68 bits per heavy atom. The van der Waals surface area contributed by atoms with E-state index < -0.39 is 0 Å². The first-order valence-electron chi connectivity index (χ1n) is 12.6. The fourth-order valence-corrected chi connectivity index (χ4v) is 4.64. The van der Waals surface area contributed by atoms with Crippen LogP contribution in [0.15, 0.2) is 48.8 Å². The van der Waals surface area contributed by atoms with Crippen molar-refractivity contribution < 1.29 is 4.74 Å². The summed E-state index contributed by atoms with van der Waals surface area (Å²) < 4.78 is 5.87. The third kappa shape index (κ3) is 4.73. The number of para-hydroxylation sites is 1. The highest BCUT2D eigenvalue weighted by Gasteiger charge is 2.20. The minimum Gasteiger partial charge on any atom is -0.491 e. The predicted octanol–water partition coefficient (Wildman–Crippen LogP) is 3.26. The van der Waals surface area contributed by atoms with E-state index in [4.69, 9.17) is 14.7 Å². The van der Waals surface area contributed by atoms with Crippen molar-refractivity contribution in [2.24, 2.45) is 0 Å². The number of anilines is 1. The number of ether oxygens (including phenoxy) is 1. The number of H-pyrrole nitrogens is 2. The maximum atomic E-state index is 5.87. The van der Waals surface area contributed by atoms with E-state index in [1.165, 1.54) is 0 Å². The van der Waals surface area contributed by atoms with Crippen LogP contribution < -0.4 is 9.64 Å². The Morgan fingerprint density at radius 2 is 1.84 bits per heavy atom. The number of piperazine rings is 1. The maximum Gasteiger partial charge on any atom is 0.161 e. The Hall–Kier alpha value is -4.02. The standard InChI is InChI=1S/C27H31N9O/c1-34(2)13-14-37-19-15-18(16-28-17-19)20-7-8-22-25(29-20)26(33-32-22)27-30-21-5-4-6-23(24(21)31-27)36-11-9-35(3)10-12-36/h4-8,15-17H,9-14H2,1-3H3,(H,30,31)(H,32,33). The third-order valence-electron chi connectivity index (χ3n) is 6.78. The number of likely N-dealkylation sites (N-methyl/N-ethyl adjacent to an activating group) is 2. The molecule has 0 saturated carbocycles. The number of hydrogen-bond acceptors (Lipinski definition) is 8. The summed E-state index contributed by atoms with van der Waals surface area (Å²) in [5, 5.41) is 7.68. The lowest BCUT2D eigenvalue weighted by atomic mass is 10.1. The highest BCUT2D eigenvalue weighted by Crippen LogP contribution is 2.31. The van der Waals surface area contributed by atoms with E-state index in [0.717, 1.165) is 77.5 Å². The van der Waals surface area contributed by atoms with E-state index in [-0.39, 0.29) is 0 Å². The second kappa shape index (κ2) is 9.79. The van der Waals surface area contributed by atoms with E-state index in [2.05, 4.69) is 60.1 Å². The predicted molar refractivity (Wildman–Crippen MR) is 146 cm³/mol. The van der Waals surface area contributed by atoms with Gasteiger partial charge in [-0.3, -0.25) is 10.1 Å². The summed E-state index contributed by atoms with van der Waals surface area (Å²) in [5.41, 5.74) is 7.10. The van der Waals surface area contributed by atoms with Gasteiger partial charge in [-0.1, -0.05) is 6.07 Å². The van der Waals surface area contributed by atoms with Gasteiger partial charge in [-0.25, -0.2) is 9.97 Å². The van der Waals surface area contributed by atoms with Crippen LogP contribution in [-0.2, 0) is 0 Å². The van der Waals surface area contributed by atoms with Crippen LogP contribution in [-0.4, -0.2) is 100 Å². The van der Waals surface area contributed by atoms with Crippen LogP contribution >= 0.6 is 0 Å². The number of fused-ring (bicyclic) bond motifs is 2. The van der Waals surface area contributed by atoms with Crippen LogP contribution in [0.5, 0.6) is 5.75 Å². The Labute approximate surface area is 215 Å². The zero-order valence-corrected chi connectivity index (χ0v) is 21.4. The Bertz CT molecular complexity index is 1530. The summed E-state index contributed by atoms with van der Waals surface area (Å²) in [6.07, 6.45) is 3.53. The Kier molecular flexibility index (Phi) is 6.19. The van der Waals surface area contributed by atoms with E-state index in [1.807, 2.05) is 32.3 Å². The number of nitrogens with one attached hydrogen (secondary N) is 2. The lowest BCUT2D eigenvalue weighted by Gasteiger charge is -2.34. The van der Waals surface area contributed by atoms with Crippen LogP contribution in [0.4, 0.5) is 5.69 Å². The number of hydrogen-bond donors (Lipinski definition) is 2. The van der Waals surface area contributed by atoms with E-state index in [0.29, 0.717) is 18.1 Å². The zero-order chi connectivity index (χ0) is 25.4. The molecule has 1 fully saturated rings.